The van der Waals surface area contributed by atoms with Crippen LogP contribution in [-0.4, -0.2) is 0 Å². The predicted octanol–water partition coefficient (Wildman–Crippen LogP) is 5.06. The van der Waals surface area contributed by atoms with Crippen molar-refractivity contribution in [1.29, 1.82) is 0 Å². The van der Waals surface area contributed by atoms with Gasteiger partial charge in [-0.25, -0.2) is 4.79 Å². The van der Waals surface area contributed by atoms with Gasteiger partial charge in [-0.05, 0) is 24.5 Å². The van der Waals surface area contributed by atoms with Gasteiger partial charge >= 0.3 is 5.63 Å². The van der Waals surface area contributed by atoms with E-state index in [9.17, 15) is 4.79 Å². The van der Waals surface area contributed by atoms with Gasteiger partial charge in [-0.2, -0.15) is 0 Å². The summed E-state index contributed by atoms with van der Waals surface area (Å²) in [4.78, 5) is 11.7. The third-order valence-electron chi connectivity index (χ3n) is 4.19. The van der Waals surface area contributed by atoms with Gasteiger partial charge in [0.1, 0.15) is 0 Å². The summed E-state index contributed by atoms with van der Waals surface area (Å²) in [5.41, 5.74) is 7.72. The van der Waals surface area contributed by atoms with Crippen LogP contribution < -0.4 is 11.4 Å². The van der Waals surface area contributed by atoms with Crippen molar-refractivity contribution in [1.82, 2.24) is 0 Å². The number of nitrogen functional groups attached to an aromatic ring is 1. The maximum atomic E-state index is 11.7. The first kappa shape index (κ1) is 16.6. The van der Waals surface area contributed by atoms with Crippen molar-refractivity contribution in [2.45, 2.75) is 64.7 Å². The predicted molar refractivity (Wildman–Crippen MR) is 93.2 cm³/mol. The van der Waals surface area contributed by atoms with Crippen molar-refractivity contribution < 1.29 is 4.42 Å². The van der Waals surface area contributed by atoms with Crippen molar-refractivity contribution in [2.75, 3.05) is 5.73 Å². The Morgan fingerprint density at radius 2 is 1.68 bits per heavy atom. The van der Waals surface area contributed by atoms with Crippen LogP contribution in [-0.2, 0) is 6.42 Å². The Hall–Kier alpha value is -1.77. The molecular weight excluding hydrogens is 274 g/mol. The SMILES string of the molecule is CCCCCCCCCCc1cc(=O)oc2c(N)cccc12. The van der Waals surface area contributed by atoms with Crippen LogP contribution in [0.3, 0.4) is 0 Å². The molecular formula is C19H27NO2. The zero-order valence-electron chi connectivity index (χ0n) is 13.6. The monoisotopic (exact) mass is 301 g/mol. The van der Waals surface area contributed by atoms with E-state index in [1.165, 1.54) is 44.9 Å². The van der Waals surface area contributed by atoms with E-state index in [2.05, 4.69) is 6.92 Å². The van der Waals surface area contributed by atoms with Crippen LogP contribution in [0, 0.1) is 0 Å². The van der Waals surface area contributed by atoms with Crippen molar-refractivity contribution >= 4 is 16.7 Å². The molecule has 2 N–H and O–H groups in total. The highest BCUT2D eigenvalue weighted by Gasteiger charge is 2.07. The molecule has 0 aliphatic heterocycles. The summed E-state index contributed by atoms with van der Waals surface area (Å²) in [5, 5.41) is 0.975. The van der Waals surface area contributed by atoms with Gasteiger partial charge in [-0.15, -0.1) is 0 Å². The van der Waals surface area contributed by atoms with Crippen LogP contribution in [0.2, 0.25) is 0 Å². The number of unbranched alkanes of at least 4 members (excludes halogenated alkanes) is 7. The van der Waals surface area contributed by atoms with E-state index in [1.54, 1.807) is 12.1 Å². The molecule has 0 aliphatic carbocycles. The van der Waals surface area contributed by atoms with Crippen molar-refractivity contribution in [3.8, 4) is 0 Å². The highest BCUT2D eigenvalue weighted by atomic mass is 16.4. The third-order valence-corrected chi connectivity index (χ3v) is 4.19. The summed E-state index contributed by atoms with van der Waals surface area (Å²) in [5.74, 6) is 0. The lowest BCUT2D eigenvalue weighted by Gasteiger charge is -2.07. The van der Waals surface area contributed by atoms with Gasteiger partial charge in [0, 0.05) is 11.5 Å². The Bertz CT molecular complexity index is 645. The first-order valence-corrected chi connectivity index (χ1v) is 8.53. The molecule has 3 nitrogen and oxygen atoms in total. The minimum atomic E-state index is -0.306. The van der Waals surface area contributed by atoms with Gasteiger partial charge < -0.3 is 10.2 Å². The number of aryl methyl sites for hydroxylation is 1. The lowest BCUT2D eigenvalue weighted by atomic mass is 10.0. The normalized spacial score (nSPS) is 11.1. The number of hydrogen-bond acceptors (Lipinski definition) is 3. The van der Waals surface area contributed by atoms with E-state index >= 15 is 0 Å². The summed E-state index contributed by atoms with van der Waals surface area (Å²) in [6, 6.07) is 7.28. The third kappa shape index (κ3) is 4.62. The Morgan fingerprint density at radius 1 is 1.00 bits per heavy atom. The van der Waals surface area contributed by atoms with Crippen LogP contribution in [0.1, 0.15) is 63.9 Å². The number of para-hydroxylation sites is 1. The summed E-state index contributed by atoms with van der Waals surface area (Å²) >= 11 is 0. The molecule has 120 valence electrons. The van der Waals surface area contributed by atoms with Crippen molar-refractivity contribution in [3.05, 3.63) is 40.2 Å². The highest BCUT2D eigenvalue weighted by molar-refractivity contribution is 5.89. The van der Waals surface area contributed by atoms with Gasteiger partial charge in [0.25, 0.3) is 0 Å². The molecule has 3 heteroatoms. The molecule has 1 aromatic heterocycles. The van der Waals surface area contributed by atoms with Gasteiger partial charge in [-0.3, -0.25) is 0 Å². The lowest BCUT2D eigenvalue weighted by Crippen LogP contribution is -2.02. The molecule has 22 heavy (non-hydrogen) atoms. The zero-order chi connectivity index (χ0) is 15.8. The average molecular weight is 301 g/mol. The summed E-state index contributed by atoms with van der Waals surface area (Å²) < 4.78 is 5.23. The van der Waals surface area contributed by atoms with Crippen LogP contribution in [0.5, 0.6) is 0 Å². The fourth-order valence-corrected chi connectivity index (χ4v) is 2.93. The second-order valence-corrected chi connectivity index (χ2v) is 6.04. The molecule has 2 aromatic rings. The van der Waals surface area contributed by atoms with E-state index in [4.69, 9.17) is 10.2 Å². The minimum Gasteiger partial charge on any atom is -0.420 e. The molecule has 0 spiro atoms. The molecule has 0 bridgehead atoms. The van der Waals surface area contributed by atoms with Gasteiger partial charge in [0.05, 0.1) is 5.69 Å². The fraction of sp³-hybridized carbons (Fsp3) is 0.526. The Balaban J connectivity index is 1.87. The average Bonchev–Trinajstić information content (AvgIpc) is 2.51. The number of nitrogens with two attached hydrogens (primary N) is 1. The molecule has 2 rings (SSSR count). The molecule has 0 aliphatic rings. The van der Waals surface area contributed by atoms with Crippen LogP contribution in [0.4, 0.5) is 5.69 Å². The van der Waals surface area contributed by atoms with Crippen LogP contribution >= 0.6 is 0 Å². The van der Waals surface area contributed by atoms with E-state index in [0.29, 0.717) is 11.3 Å². The van der Waals surface area contributed by atoms with Crippen molar-refractivity contribution in [2.24, 2.45) is 0 Å². The number of anilines is 1. The van der Waals surface area contributed by atoms with Gasteiger partial charge in [0.2, 0.25) is 0 Å². The zero-order valence-corrected chi connectivity index (χ0v) is 13.6. The van der Waals surface area contributed by atoms with Crippen LogP contribution in [0.25, 0.3) is 11.0 Å². The molecule has 1 heterocycles. The molecule has 0 amide bonds. The molecule has 0 saturated carbocycles. The molecule has 0 atom stereocenters. The number of benzene rings is 1. The first-order chi connectivity index (χ1) is 10.7. The summed E-state index contributed by atoms with van der Waals surface area (Å²) in [6.07, 6.45) is 11.2. The standard InChI is InChI=1S/C19H27NO2/c1-2-3-4-5-6-7-8-9-11-15-14-18(21)22-19-16(15)12-10-13-17(19)20/h10,12-14H,2-9,11,20H2,1H3. The molecule has 0 saturated heterocycles. The maximum Gasteiger partial charge on any atom is 0.336 e. The molecule has 0 fully saturated rings. The number of hydrogen-bond donors (Lipinski definition) is 1. The Kier molecular flexibility index (Phi) is 6.50. The van der Waals surface area contributed by atoms with Gasteiger partial charge in [-0.1, -0.05) is 64.0 Å². The topological polar surface area (TPSA) is 56.2 Å². The summed E-state index contributed by atoms with van der Waals surface area (Å²) in [7, 11) is 0. The smallest absolute Gasteiger partial charge is 0.336 e. The summed E-state index contributed by atoms with van der Waals surface area (Å²) in [6.45, 7) is 2.24. The van der Waals surface area contributed by atoms with Gasteiger partial charge in [0.15, 0.2) is 5.58 Å². The number of rotatable bonds is 9. The number of fused-ring (bicyclic) bond motifs is 1. The Labute approximate surface area is 132 Å². The second kappa shape index (κ2) is 8.62. The fourth-order valence-electron chi connectivity index (χ4n) is 2.93. The quantitative estimate of drug-likeness (QED) is 0.400. The van der Waals surface area contributed by atoms with E-state index in [1.807, 2.05) is 12.1 Å². The Morgan fingerprint density at radius 3 is 2.41 bits per heavy atom. The highest BCUT2D eigenvalue weighted by Crippen LogP contribution is 2.23. The lowest BCUT2D eigenvalue weighted by molar-refractivity contribution is 0.556. The largest absolute Gasteiger partial charge is 0.420 e. The molecule has 0 radical (unpaired) electrons. The minimum absolute atomic E-state index is 0.306. The maximum absolute atomic E-state index is 11.7. The molecule has 0 unspecified atom stereocenters. The van der Waals surface area contributed by atoms with E-state index < -0.39 is 0 Å². The second-order valence-electron chi connectivity index (χ2n) is 6.04. The van der Waals surface area contributed by atoms with Crippen LogP contribution in [0.15, 0.2) is 33.5 Å². The molecule has 1 aromatic carbocycles. The van der Waals surface area contributed by atoms with Crippen molar-refractivity contribution in [3.63, 3.8) is 0 Å². The first-order valence-electron chi connectivity index (χ1n) is 8.53. The van der Waals surface area contributed by atoms with E-state index in [-0.39, 0.29) is 5.63 Å². The van der Waals surface area contributed by atoms with E-state index in [0.717, 1.165) is 23.8 Å².